The normalized spacial score (nSPS) is 12.5. The molecule has 1 atom stereocenters. The minimum atomic E-state index is -0.705. The second-order valence-electron chi connectivity index (χ2n) is 3.47. The quantitative estimate of drug-likeness (QED) is 0.813. The minimum absolute atomic E-state index is 0.588. The van der Waals surface area contributed by atoms with Crippen LogP contribution in [0.5, 0.6) is 5.75 Å². The molecule has 1 aromatic carbocycles. The van der Waals surface area contributed by atoms with Crippen LogP contribution in [-0.2, 0) is 0 Å². The Bertz CT molecular complexity index is 527. The predicted molar refractivity (Wildman–Crippen MR) is 79.1 cm³/mol. The molecule has 1 aromatic heterocycles. The topological polar surface area (TPSA) is 29.5 Å². The van der Waals surface area contributed by atoms with Gasteiger partial charge in [0.2, 0.25) is 0 Å². The van der Waals surface area contributed by atoms with Crippen LogP contribution >= 0.6 is 45.5 Å². The zero-order valence-corrected chi connectivity index (χ0v) is 12.7. The number of aliphatic hydroxyl groups is 1. The van der Waals surface area contributed by atoms with Crippen LogP contribution in [0.4, 0.5) is 0 Å². The number of methoxy groups -OCH3 is 1. The molecule has 2 rings (SSSR count). The Balaban J connectivity index is 2.42. The van der Waals surface area contributed by atoms with Gasteiger partial charge in [-0.2, -0.15) is 0 Å². The second-order valence-corrected chi connectivity index (χ2v) is 6.71. The maximum atomic E-state index is 10.3. The van der Waals surface area contributed by atoms with Crippen molar-refractivity contribution in [1.82, 2.24) is 0 Å². The molecule has 0 aliphatic heterocycles. The highest BCUT2D eigenvalue weighted by molar-refractivity contribution is 14.1. The first-order valence-corrected chi connectivity index (χ1v) is 7.21. The van der Waals surface area contributed by atoms with E-state index in [1.165, 1.54) is 0 Å². The lowest BCUT2D eigenvalue weighted by Crippen LogP contribution is -2.01. The van der Waals surface area contributed by atoms with Crippen LogP contribution in [0.1, 0.15) is 17.2 Å². The molecule has 0 aliphatic carbocycles. The first-order chi connectivity index (χ1) is 8.11. The van der Waals surface area contributed by atoms with Gasteiger partial charge in [0.25, 0.3) is 0 Å². The van der Waals surface area contributed by atoms with Crippen LogP contribution in [0.2, 0.25) is 5.02 Å². The summed E-state index contributed by atoms with van der Waals surface area (Å²) < 4.78 is 6.37. The number of hydrogen-bond acceptors (Lipinski definition) is 3. The molecule has 0 saturated carbocycles. The van der Waals surface area contributed by atoms with Gasteiger partial charge in [0.1, 0.15) is 11.9 Å². The largest absolute Gasteiger partial charge is 0.496 e. The van der Waals surface area contributed by atoms with Gasteiger partial charge >= 0.3 is 0 Å². The van der Waals surface area contributed by atoms with E-state index >= 15 is 0 Å². The third-order valence-corrected chi connectivity index (χ3v) is 4.43. The van der Waals surface area contributed by atoms with Crippen molar-refractivity contribution in [2.45, 2.75) is 6.10 Å². The molecule has 2 nitrogen and oxygen atoms in total. The van der Waals surface area contributed by atoms with Gasteiger partial charge in [0, 0.05) is 10.6 Å². The van der Waals surface area contributed by atoms with E-state index in [9.17, 15) is 5.11 Å². The standard InChI is InChI=1S/C12H10ClIO2S/c1-16-10-3-2-8(13)5-9(10)12(15)7-4-11(14)17-6-7/h2-6,12,15H,1H3. The summed E-state index contributed by atoms with van der Waals surface area (Å²) in [6.45, 7) is 0. The average molecular weight is 381 g/mol. The van der Waals surface area contributed by atoms with Crippen LogP contribution in [0.15, 0.2) is 29.6 Å². The molecule has 0 spiro atoms. The molecule has 0 bridgehead atoms. The first-order valence-electron chi connectivity index (χ1n) is 4.87. The molecule has 1 N–H and O–H groups in total. The fraction of sp³-hybridized carbons (Fsp3) is 0.167. The summed E-state index contributed by atoms with van der Waals surface area (Å²) in [4.78, 5) is 0. The number of thiophene rings is 1. The van der Waals surface area contributed by atoms with Gasteiger partial charge in [0.05, 0.1) is 9.99 Å². The molecule has 2 aromatic rings. The van der Waals surface area contributed by atoms with Gasteiger partial charge in [0.15, 0.2) is 0 Å². The van der Waals surface area contributed by atoms with Gasteiger partial charge in [-0.3, -0.25) is 0 Å². The summed E-state index contributed by atoms with van der Waals surface area (Å²) in [5.41, 5.74) is 1.55. The number of benzene rings is 1. The van der Waals surface area contributed by atoms with Crippen molar-refractivity contribution < 1.29 is 9.84 Å². The van der Waals surface area contributed by atoms with E-state index in [1.54, 1.807) is 36.6 Å². The molecular weight excluding hydrogens is 371 g/mol. The summed E-state index contributed by atoms with van der Waals surface area (Å²) in [7, 11) is 1.58. The fourth-order valence-corrected chi connectivity index (χ4v) is 3.14. The lowest BCUT2D eigenvalue weighted by atomic mass is 10.0. The lowest BCUT2D eigenvalue weighted by molar-refractivity contribution is 0.215. The van der Waals surface area contributed by atoms with Crippen molar-refractivity contribution in [2.75, 3.05) is 7.11 Å². The fourth-order valence-electron chi connectivity index (χ4n) is 1.57. The number of ether oxygens (including phenoxy) is 1. The summed E-state index contributed by atoms with van der Waals surface area (Å²) in [6, 6.07) is 7.19. The zero-order valence-electron chi connectivity index (χ0n) is 8.98. The van der Waals surface area contributed by atoms with E-state index in [2.05, 4.69) is 22.6 Å². The molecule has 5 heteroatoms. The van der Waals surface area contributed by atoms with Crippen molar-refractivity contribution in [1.29, 1.82) is 0 Å². The Labute approximate surface area is 122 Å². The average Bonchev–Trinajstić information content (AvgIpc) is 2.75. The number of hydrogen-bond donors (Lipinski definition) is 1. The maximum Gasteiger partial charge on any atom is 0.125 e. The Hall–Kier alpha value is -0.300. The van der Waals surface area contributed by atoms with Crippen molar-refractivity contribution >= 4 is 45.5 Å². The SMILES string of the molecule is COc1ccc(Cl)cc1C(O)c1csc(I)c1. The monoisotopic (exact) mass is 380 g/mol. The van der Waals surface area contributed by atoms with Crippen molar-refractivity contribution in [2.24, 2.45) is 0 Å². The Kier molecular flexibility index (Phi) is 4.30. The maximum absolute atomic E-state index is 10.3. The molecule has 0 fully saturated rings. The zero-order chi connectivity index (χ0) is 12.4. The minimum Gasteiger partial charge on any atom is -0.496 e. The van der Waals surface area contributed by atoms with Crippen molar-refractivity contribution in [3.05, 3.63) is 48.7 Å². The van der Waals surface area contributed by atoms with Gasteiger partial charge < -0.3 is 9.84 Å². The smallest absolute Gasteiger partial charge is 0.125 e. The highest BCUT2D eigenvalue weighted by atomic mass is 127. The molecule has 1 unspecified atom stereocenters. The summed E-state index contributed by atoms with van der Waals surface area (Å²) in [5.74, 6) is 0.642. The third kappa shape index (κ3) is 2.93. The molecule has 0 saturated heterocycles. The van der Waals surface area contributed by atoms with Gasteiger partial charge in [-0.05, 0) is 57.8 Å². The molecule has 0 amide bonds. The van der Waals surface area contributed by atoms with E-state index in [0.29, 0.717) is 16.3 Å². The molecule has 0 aliphatic rings. The second kappa shape index (κ2) is 5.56. The van der Waals surface area contributed by atoms with Crippen LogP contribution in [0.25, 0.3) is 0 Å². The van der Waals surface area contributed by atoms with Gasteiger partial charge in [-0.25, -0.2) is 0 Å². The molecule has 17 heavy (non-hydrogen) atoms. The van der Waals surface area contributed by atoms with E-state index in [4.69, 9.17) is 16.3 Å². The van der Waals surface area contributed by atoms with Crippen LogP contribution < -0.4 is 4.74 Å². The Morgan fingerprint density at radius 3 is 2.76 bits per heavy atom. The molecule has 0 radical (unpaired) electrons. The van der Waals surface area contributed by atoms with Crippen molar-refractivity contribution in [3.63, 3.8) is 0 Å². The van der Waals surface area contributed by atoms with Crippen LogP contribution in [0, 0.1) is 2.88 Å². The molecule has 1 heterocycles. The summed E-state index contributed by atoms with van der Waals surface area (Å²) in [6.07, 6.45) is -0.705. The Morgan fingerprint density at radius 1 is 1.41 bits per heavy atom. The highest BCUT2D eigenvalue weighted by Crippen LogP contribution is 2.34. The molecular formula is C12H10ClIO2S. The Morgan fingerprint density at radius 2 is 2.18 bits per heavy atom. The molecule has 90 valence electrons. The summed E-state index contributed by atoms with van der Waals surface area (Å²) >= 11 is 9.77. The summed E-state index contributed by atoms with van der Waals surface area (Å²) in [5, 5.41) is 12.8. The lowest BCUT2D eigenvalue weighted by Gasteiger charge is -2.14. The third-order valence-electron chi connectivity index (χ3n) is 2.39. The van der Waals surface area contributed by atoms with E-state index in [-0.39, 0.29) is 0 Å². The van der Waals surface area contributed by atoms with E-state index in [0.717, 1.165) is 8.45 Å². The van der Waals surface area contributed by atoms with Crippen LogP contribution in [-0.4, -0.2) is 12.2 Å². The first kappa shape index (κ1) is 13.1. The number of rotatable bonds is 3. The number of aliphatic hydroxyl groups excluding tert-OH is 1. The van der Waals surface area contributed by atoms with Gasteiger partial charge in [-0.1, -0.05) is 11.6 Å². The predicted octanol–water partition coefficient (Wildman–Crippen LogP) is 4.10. The van der Waals surface area contributed by atoms with Crippen LogP contribution in [0.3, 0.4) is 0 Å². The van der Waals surface area contributed by atoms with E-state index < -0.39 is 6.10 Å². The van der Waals surface area contributed by atoms with Crippen molar-refractivity contribution in [3.8, 4) is 5.75 Å². The highest BCUT2D eigenvalue weighted by Gasteiger charge is 2.17. The van der Waals surface area contributed by atoms with E-state index in [1.807, 2.05) is 11.4 Å². The van der Waals surface area contributed by atoms with Gasteiger partial charge in [-0.15, -0.1) is 11.3 Å². The number of halogens is 2.